The number of piperidine rings is 1. The lowest BCUT2D eigenvalue weighted by Gasteiger charge is -2.41. The van der Waals surface area contributed by atoms with Crippen molar-refractivity contribution in [3.8, 4) is 0 Å². The molecule has 1 saturated carbocycles. The van der Waals surface area contributed by atoms with Crippen molar-refractivity contribution in [2.75, 3.05) is 13.1 Å². The van der Waals surface area contributed by atoms with E-state index in [9.17, 15) is 0 Å². The fourth-order valence-electron chi connectivity index (χ4n) is 3.62. The molecule has 0 radical (unpaired) electrons. The summed E-state index contributed by atoms with van der Waals surface area (Å²) in [5.41, 5.74) is 5.59. The standard InChI is InChI=1S/C13H26N2/c1-11(5-3-9-14)15-10-4-7-12-6-2-8-13(12)15/h11-13H,2-10,14H2,1H3. The molecule has 3 unspecified atom stereocenters. The highest BCUT2D eigenvalue weighted by molar-refractivity contribution is 4.91. The predicted octanol–water partition coefficient (Wildman–Crippen LogP) is 2.38. The number of fused-ring (bicyclic) bond motifs is 1. The van der Waals surface area contributed by atoms with Crippen molar-refractivity contribution in [2.45, 2.75) is 64.0 Å². The first-order chi connectivity index (χ1) is 7.33. The number of nitrogens with zero attached hydrogens (tertiary/aromatic N) is 1. The summed E-state index contributed by atoms with van der Waals surface area (Å²) in [5.74, 6) is 1.03. The SMILES string of the molecule is CC(CCCN)N1CCCC2CCCC21. The Morgan fingerprint density at radius 1 is 1.27 bits per heavy atom. The van der Waals surface area contributed by atoms with Crippen LogP contribution in [-0.4, -0.2) is 30.1 Å². The number of rotatable bonds is 4. The monoisotopic (exact) mass is 210 g/mol. The lowest BCUT2D eigenvalue weighted by Crippen LogP contribution is -2.47. The lowest BCUT2D eigenvalue weighted by atomic mass is 9.90. The van der Waals surface area contributed by atoms with E-state index in [1.54, 1.807) is 0 Å². The molecule has 0 spiro atoms. The Balaban J connectivity index is 1.89. The Morgan fingerprint density at radius 3 is 2.87 bits per heavy atom. The van der Waals surface area contributed by atoms with Gasteiger partial charge in [0, 0.05) is 12.1 Å². The third kappa shape index (κ3) is 2.54. The summed E-state index contributed by atoms with van der Waals surface area (Å²) in [4.78, 5) is 2.79. The van der Waals surface area contributed by atoms with E-state index in [0.717, 1.165) is 24.5 Å². The van der Waals surface area contributed by atoms with E-state index in [1.165, 1.54) is 51.5 Å². The molecule has 3 atom stereocenters. The Morgan fingerprint density at radius 2 is 2.07 bits per heavy atom. The molecule has 15 heavy (non-hydrogen) atoms. The van der Waals surface area contributed by atoms with Gasteiger partial charge in [0.2, 0.25) is 0 Å². The van der Waals surface area contributed by atoms with Crippen molar-refractivity contribution < 1.29 is 0 Å². The van der Waals surface area contributed by atoms with Gasteiger partial charge < -0.3 is 5.73 Å². The Hall–Kier alpha value is -0.0800. The summed E-state index contributed by atoms with van der Waals surface area (Å²) in [6, 6.07) is 1.69. The number of hydrogen-bond donors (Lipinski definition) is 1. The lowest BCUT2D eigenvalue weighted by molar-refractivity contribution is 0.0704. The highest BCUT2D eigenvalue weighted by Gasteiger charge is 2.36. The summed E-state index contributed by atoms with van der Waals surface area (Å²) in [6.45, 7) is 4.59. The first kappa shape index (κ1) is 11.4. The molecular formula is C13H26N2. The second-order valence-corrected chi connectivity index (χ2v) is 5.42. The van der Waals surface area contributed by atoms with Crippen LogP contribution in [0.25, 0.3) is 0 Å². The van der Waals surface area contributed by atoms with Crippen molar-refractivity contribution in [2.24, 2.45) is 11.7 Å². The smallest absolute Gasteiger partial charge is 0.0126 e. The molecule has 2 heteroatoms. The molecule has 0 aromatic rings. The molecule has 0 aromatic heterocycles. The van der Waals surface area contributed by atoms with Crippen LogP contribution in [-0.2, 0) is 0 Å². The number of likely N-dealkylation sites (tertiary alicyclic amines) is 1. The third-order valence-corrected chi connectivity index (χ3v) is 4.43. The molecule has 2 fully saturated rings. The van der Waals surface area contributed by atoms with Crippen LogP contribution in [0.4, 0.5) is 0 Å². The summed E-state index contributed by atoms with van der Waals surface area (Å²) in [7, 11) is 0. The van der Waals surface area contributed by atoms with Crippen LogP contribution in [0.15, 0.2) is 0 Å². The molecule has 2 rings (SSSR count). The molecule has 2 aliphatic rings. The van der Waals surface area contributed by atoms with Crippen LogP contribution < -0.4 is 5.73 Å². The summed E-state index contributed by atoms with van der Waals surface area (Å²) >= 11 is 0. The molecule has 1 heterocycles. The Labute approximate surface area is 94.2 Å². The zero-order valence-electron chi connectivity index (χ0n) is 10.1. The molecule has 0 aromatic carbocycles. The maximum atomic E-state index is 5.59. The van der Waals surface area contributed by atoms with Crippen molar-refractivity contribution in [1.82, 2.24) is 4.90 Å². The average molecular weight is 210 g/mol. The molecule has 0 bridgehead atoms. The molecule has 2 N–H and O–H groups in total. The van der Waals surface area contributed by atoms with Gasteiger partial charge in [0.05, 0.1) is 0 Å². The zero-order chi connectivity index (χ0) is 10.7. The van der Waals surface area contributed by atoms with Crippen LogP contribution in [0, 0.1) is 5.92 Å². The largest absolute Gasteiger partial charge is 0.330 e. The molecule has 1 aliphatic carbocycles. The van der Waals surface area contributed by atoms with Gasteiger partial charge in [-0.2, -0.15) is 0 Å². The van der Waals surface area contributed by atoms with Crippen LogP contribution in [0.5, 0.6) is 0 Å². The number of nitrogens with two attached hydrogens (primary N) is 1. The van der Waals surface area contributed by atoms with Gasteiger partial charge in [0.15, 0.2) is 0 Å². The normalized spacial score (nSPS) is 34.0. The highest BCUT2D eigenvalue weighted by Crippen LogP contribution is 2.38. The van der Waals surface area contributed by atoms with Crippen LogP contribution in [0.3, 0.4) is 0 Å². The van der Waals surface area contributed by atoms with Gasteiger partial charge >= 0.3 is 0 Å². The molecule has 1 saturated heterocycles. The van der Waals surface area contributed by atoms with E-state index in [1.807, 2.05) is 0 Å². The minimum Gasteiger partial charge on any atom is -0.330 e. The van der Waals surface area contributed by atoms with Gasteiger partial charge in [-0.25, -0.2) is 0 Å². The summed E-state index contributed by atoms with van der Waals surface area (Å²) in [6.07, 6.45) is 9.81. The van der Waals surface area contributed by atoms with E-state index >= 15 is 0 Å². The first-order valence-electron chi connectivity index (χ1n) is 6.78. The maximum Gasteiger partial charge on any atom is 0.0126 e. The Kier molecular flexibility index (Phi) is 4.04. The molecular weight excluding hydrogens is 184 g/mol. The third-order valence-electron chi connectivity index (χ3n) is 4.43. The van der Waals surface area contributed by atoms with Gasteiger partial charge in [0.25, 0.3) is 0 Å². The molecule has 0 amide bonds. The van der Waals surface area contributed by atoms with E-state index in [-0.39, 0.29) is 0 Å². The van der Waals surface area contributed by atoms with Crippen molar-refractivity contribution >= 4 is 0 Å². The van der Waals surface area contributed by atoms with Crippen LogP contribution in [0.2, 0.25) is 0 Å². The van der Waals surface area contributed by atoms with Crippen molar-refractivity contribution in [1.29, 1.82) is 0 Å². The van der Waals surface area contributed by atoms with Crippen LogP contribution >= 0.6 is 0 Å². The average Bonchev–Trinajstić information content (AvgIpc) is 2.73. The molecule has 2 nitrogen and oxygen atoms in total. The Bertz CT molecular complexity index is 193. The second kappa shape index (κ2) is 5.31. The zero-order valence-corrected chi connectivity index (χ0v) is 10.1. The van der Waals surface area contributed by atoms with E-state index in [0.29, 0.717) is 0 Å². The fourth-order valence-corrected chi connectivity index (χ4v) is 3.62. The topological polar surface area (TPSA) is 29.3 Å². The van der Waals surface area contributed by atoms with Crippen molar-refractivity contribution in [3.63, 3.8) is 0 Å². The minimum absolute atomic E-state index is 0.763. The van der Waals surface area contributed by atoms with Gasteiger partial charge in [0.1, 0.15) is 0 Å². The predicted molar refractivity (Wildman–Crippen MR) is 64.8 cm³/mol. The summed E-state index contributed by atoms with van der Waals surface area (Å²) < 4.78 is 0. The van der Waals surface area contributed by atoms with E-state index < -0.39 is 0 Å². The van der Waals surface area contributed by atoms with E-state index in [4.69, 9.17) is 5.73 Å². The van der Waals surface area contributed by atoms with Crippen LogP contribution in [0.1, 0.15) is 51.9 Å². The molecule has 1 aliphatic heterocycles. The fraction of sp³-hybridized carbons (Fsp3) is 1.00. The van der Waals surface area contributed by atoms with Gasteiger partial charge in [-0.3, -0.25) is 4.90 Å². The van der Waals surface area contributed by atoms with Gasteiger partial charge in [-0.15, -0.1) is 0 Å². The number of hydrogen-bond acceptors (Lipinski definition) is 2. The summed E-state index contributed by atoms with van der Waals surface area (Å²) in [5, 5.41) is 0. The van der Waals surface area contributed by atoms with E-state index in [2.05, 4.69) is 11.8 Å². The molecule has 88 valence electrons. The van der Waals surface area contributed by atoms with Gasteiger partial charge in [-0.1, -0.05) is 6.42 Å². The quantitative estimate of drug-likeness (QED) is 0.772. The van der Waals surface area contributed by atoms with Gasteiger partial charge in [-0.05, 0) is 64.5 Å². The van der Waals surface area contributed by atoms with Crippen molar-refractivity contribution in [3.05, 3.63) is 0 Å². The minimum atomic E-state index is 0.763. The second-order valence-electron chi connectivity index (χ2n) is 5.42. The highest BCUT2D eigenvalue weighted by atomic mass is 15.2. The maximum absolute atomic E-state index is 5.59. The first-order valence-corrected chi connectivity index (χ1v) is 6.78.